The summed E-state index contributed by atoms with van der Waals surface area (Å²) in [4.78, 5) is 42.3. The second-order valence-electron chi connectivity index (χ2n) is 7.45. The van der Waals surface area contributed by atoms with Crippen LogP contribution in [0.15, 0.2) is 83.9 Å². The van der Waals surface area contributed by atoms with Gasteiger partial charge in [0, 0.05) is 23.7 Å². The van der Waals surface area contributed by atoms with Gasteiger partial charge in [0.05, 0.1) is 17.6 Å². The monoisotopic (exact) mass is 459 g/mol. The minimum absolute atomic E-state index is 0.0491. The maximum Gasteiger partial charge on any atom is 0.279 e. The molecule has 0 radical (unpaired) electrons. The number of anilines is 1. The molecule has 0 saturated carbocycles. The van der Waals surface area contributed by atoms with Crippen LogP contribution in [-0.2, 0) is 4.79 Å². The van der Waals surface area contributed by atoms with Gasteiger partial charge in [-0.3, -0.25) is 23.9 Å². The summed E-state index contributed by atoms with van der Waals surface area (Å²) in [6.07, 6.45) is 2.93. The normalized spacial score (nSPS) is 10.7. The number of aromatic nitrogens is 2. The quantitative estimate of drug-likeness (QED) is 0.422. The average molecular weight is 459 g/mol. The van der Waals surface area contributed by atoms with Gasteiger partial charge in [0.15, 0.2) is 5.78 Å². The van der Waals surface area contributed by atoms with Crippen molar-refractivity contribution in [2.24, 2.45) is 0 Å². The van der Waals surface area contributed by atoms with Crippen LogP contribution in [0.1, 0.15) is 29.3 Å². The summed E-state index contributed by atoms with van der Waals surface area (Å²) in [5, 5.41) is 2.57. The summed E-state index contributed by atoms with van der Waals surface area (Å²) in [6, 6.07) is 15.2. The Balaban J connectivity index is 1.87. The number of hydrogen-bond donors (Lipinski definition) is 1. The minimum atomic E-state index is -0.545. The molecule has 2 aromatic heterocycles. The maximum atomic E-state index is 13.5. The van der Waals surface area contributed by atoms with Crippen LogP contribution in [0.5, 0.6) is 0 Å². The van der Waals surface area contributed by atoms with E-state index in [4.69, 9.17) is 0 Å². The molecule has 8 heteroatoms. The zero-order valence-electron chi connectivity index (χ0n) is 18.1. The number of rotatable bonds is 6. The van der Waals surface area contributed by atoms with Gasteiger partial charge in [-0.25, -0.2) is 8.78 Å². The van der Waals surface area contributed by atoms with Crippen molar-refractivity contribution >= 4 is 17.4 Å². The fourth-order valence-corrected chi connectivity index (χ4v) is 3.42. The van der Waals surface area contributed by atoms with Crippen LogP contribution >= 0.6 is 0 Å². The number of carbonyl (C=O) groups is 2. The van der Waals surface area contributed by atoms with Crippen molar-refractivity contribution in [3.05, 3.63) is 112 Å². The van der Waals surface area contributed by atoms with Gasteiger partial charge in [0.25, 0.3) is 5.56 Å². The third-order valence-corrected chi connectivity index (χ3v) is 5.17. The number of halogens is 2. The number of benzene rings is 2. The second-order valence-corrected chi connectivity index (χ2v) is 7.45. The molecule has 0 saturated heterocycles. The van der Waals surface area contributed by atoms with Crippen LogP contribution in [0, 0.1) is 11.6 Å². The van der Waals surface area contributed by atoms with E-state index < -0.39 is 23.0 Å². The van der Waals surface area contributed by atoms with Crippen molar-refractivity contribution in [3.8, 4) is 16.9 Å². The van der Waals surface area contributed by atoms with E-state index in [1.54, 1.807) is 13.0 Å². The number of nitrogens with one attached hydrogen (secondary N) is 1. The minimum Gasteiger partial charge on any atom is -0.321 e. The first-order valence-electron chi connectivity index (χ1n) is 10.4. The molecule has 1 N–H and O–H groups in total. The van der Waals surface area contributed by atoms with E-state index in [2.05, 4.69) is 10.3 Å². The van der Waals surface area contributed by atoms with Crippen LogP contribution in [0.3, 0.4) is 0 Å². The van der Waals surface area contributed by atoms with Crippen LogP contribution in [0.25, 0.3) is 16.9 Å². The number of pyridine rings is 2. The first-order chi connectivity index (χ1) is 16.4. The van der Waals surface area contributed by atoms with Crippen molar-refractivity contribution in [3.63, 3.8) is 0 Å². The Morgan fingerprint density at radius 1 is 0.882 bits per heavy atom. The Labute approximate surface area is 193 Å². The third-order valence-electron chi connectivity index (χ3n) is 5.17. The molecule has 0 aliphatic carbocycles. The van der Waals surface area contributed by atoms with Gasteiger partial charge in [-0.15, -0.1) is 0 Å². The largest absolute Gasteiger partial charge is 0.321 e. The van der Waals surface area contributed by atoms with E-state index >= 15 is 0 Å². The Bertz CT molecular complexity index is 1430. The van der Waals surface area contributed by atoms with Crippen molar-refractivity contribution < 1.29 is 18.4 Å². The zero-order valence-corrected chi connectivity index (χ0v) is 18.1. The molecule has 1 amide bonds. The highest BCUT2D eigenvalue weighted by atomic mass is 19.1. The lowest BCUT2D eigenvalue weighted by molar-refractivity contribution is -0.115. The number of ketones is 1. The topological polar surface area (TPSA) is 81.1 Å². The predicted octanol–water partition coefficient (Wildman–Crippen LogP) is 4.76. The van der Waals surface area contributed by atoms with Crippen molar-refractivity contribution in [2.45, 2.75) is 13.3 Å². The lowest BCUT2D eigenvalue weighted by atomic mass is 10.0. The molecule has 0 spiro atoms. The van der Waals surface area contributed by atoms with E-state index in [1.165, 1.54) is 77.6 Å². The summed E-state index contributed by atoms with van der Waals surface area (Å²) < 4.78 is 28.0. The van der Waals surface area contributed by atoms with Gasteiger partial charge in [-0.05, 0) is 72.3 Å². The summed E-state index contributed by atoms with van der Waals surface area (Å²) in [5.41, 5.74) is 1.17. The molecule has 4 rings (SSSR count). The highest BCUT2D eigenvalue weighted by Crippen LogP contribution is 2.24. The Kier molecular flexibility index (Phi) is 6.40. The Morgan fingerprint density at radius 3 is 2.18 bits per heavy atom. The molecule has 0 unspecified atom stereocenters. The Morgan fingerprint density at radius 2 is 1.53 bits per heavy atom. The highest BCUT2D eigenvalue weighted by molar-refractivity contribution is 6.09. The molecule has 0 aliphatic heterocycles. The molecule has 0 aliphatic rings. The fourth-order valence-electron chi connectivity index (χ4n) is 3.42. The predicted molar refractivity (Wildman–Crippen MR) is 124 cm³/mol. The SMILES string of the molecule is CCC(=O)Nc1ccc(-c2ccc(F)cc2)n(-c2cncc(C(=O)c3ccc(F)cc3)c2)c1=O. The van der Waals surface area contributed by atoms with E-state index in [0.717, 1.165) is 0 Å². The highest BCUT2D eigenvalue weighted by Gasteiger charge is 2.17. The molecular weight excluding hydrogens is 440 g/mol. The standard InChI is InChI=1S/C26H19F2N3O3/c1-2-24(32)30-22-11-12-23(16-3-7-19(27)8-4-16)31(26(22)34)21-13-18(14-29-15-21)25(33)17-5-9-20(28)10-6-17/h3-15H,2H2,1H3,(H,30,32). The van der Waals surface area contributed by atoms with E-state index in [1.807, 2.05) is 0 Å². The zero-order chi connectivity index (χ0) is 24.2. The summed E-state index contributed by atoms with van der Waals surface area (Å²) >= 11 is 0. The van der Waals surface area contributed by atoms with Crippen LogP contribution in [-0.4, -0.2) is 21.2 Å². The van der Waals surface area contributed by atoms with Crippen molar-refractivity contribution in [2.75, 3.05) is 5.32 Å². The van der Waals surface area contributed by atoms with Gasteiger partial charge in [-0.1, -0.05) is 6.92 Å². The smallest absolute Gasteiger partial charge is 0.279 e. The van der Waals surface area contributed by atoms with Crippen LogP contribution in [0.4, 0.5) is 14.5 Å². The molecule has 0 fully saturated rings. The third kappa shape index (κ3) is 4.66. The lowest BCUT2D eigenvalue weighted by Gasteiger charge is -2.16. The molecule has 2 aromatic carbocycles. The first-order valence-corrected chi connectivity index (χ1v) is 10.4. The van der Waals surface area contributed by atoms with E-state index in [9.17, 15) is 23.2 Å². The van der Waals surface area contributed by atoms with Gasteiger partial charge in [0.1, 0.15) is 17.3 Å². The van der Waals surface area contributed by atoms with Gasteiger partial charge in [0.2, 0.25) is 5.91 Å². The second kappa shape index (κ2) is 9.58. The average Bonchev–Trinajstić information content (AvgIpc) is 2.85. The van der Waals surface area contributed by atoms with E-state index in [-0.39, 0.29) is 34.8 Å². The number of nitrogens with zero attached hydrogens (tertiary/aromatic N) is 2. The summed E-state index contributed by atoms with van der Waals surface area (Å²) in [6.45, 7) is 1.66. The molecule has 0 atom stereocenters. The van der Waals surface area contributed by atoms with Crippen molar-refractivity contribution in [1.29, 1.82) is 0 Å². The van der Waals surface area contributed by atoms with Crippen LogP contribution < -0.4 is 10.9 Å². The first kappa shape index (κ1) is 22.7. The molecule has 6 nitrogen and oxygen atoms in total. The van der Waals surface area contributed by atoms with Gasteiger partial charge < -0.3 is 5.32 Å². The lowest BCUT2D eigenvalue weighted by Crippen LogP contribution is -2.26. The van der Waals surface area contributed by atoms with Crippen molar-refractivity contribution in [1.82, 2.24) is 9.55 Å². The van der Waals surface area contributed by atoms with E-state index in [0.29, 0.717) is 11.3 Å². The molecular formula is C26H19F2N3O3. The summed E-state index contributed by atoms with van der Waals surface area (Å²) in [7, 11) is 0. The molecule has 170 valence electrons. The Hall–Kier alpha value is -4.46. The molecule has 34 heavy (non-hydrogen) atoms. The molecule has 4 aromatic rings. The van der Waals surface area contributed by atoms with Crippen LogP contribution in [0.2, 0.25) is 0 Å². The summed E-state index contributed by atoms with van der Waals surface area (Å²) in [5.74, 6) is -1.64. The van der Waals surface area contributed by atoms with Gasteiger partial charge in [-0.2, -0.15) is 0 Å². The fraction of sp³-hybridized carbons (Fsp3) is 0.0769. The molecule has 2 heterocycles. The number of amides is 1. The number of hydrogen-bond acceptors (Lipinski definition) is 4. The maximum absolute atomic E-state index is 13.5. The molecule has 0 bridgehead atoms. The van der Waals surface area contributed by atoms with Gasteiger partial charge >= 0.3 is 0 Å². The number of carbonyl (C=O) groups excluding carboxylic acids is 2.